The summed E-state index contributed by atoms with van der Waals surface area (Å²) in [5.74, 6) is -0.757. The van der Waals surface area contributed by atoms with Crippen molar-refractivity contribution in [3.63, 3.8) is 0 Å². The molecule has 1 unspecified atom stereocenters. The number of hydrogen-bond acceptors (Lipinski definition) is 2. The van der Waals surface area contributed by atoms with Gasteiger partial charge in [0.25, 0.3) is 0 Å². The molecular formula is C22H34O3. The zero-order valence-electron chi connectivity index (χ0n) is 16.4. The van der Waals surface area contributed by atoms with Crippen molar-refractivity contribution < 1.29 is 14.7 Å². The van der Waals surface area contributed by atoms with Gasteiger partial charge in [0.1, 0.15) is 0 Å². The van der Waals surface area contributed by atoms with Crippen LogP contribution in [0.3, 0.4) is 0 Å². The van der Waals surface area contributed by atoms with Gasteiger partial charge in [-0.05, 0) is 51.2 Å². The van der Waals surface area contributed by atoms with Gasteiger partial charge in [0, 0.05) is 12.0 Å². The minimum absolute atomic E-state index is 0.185. The Morgan fingerprint density at radius 3 is 2.00 bits per heavy atom. The van der Waals surface area contributed by atoms with Crippen molar-refractivity contribution in [2.24, 2.45) is 5.92 Å². The molecule has 0 bridgehead atoms. The molecule has 25 heavy (non-hydrogen) atoms. The number of aryl methyl sites for hydroxylation is 3. The lowest BCUT2D eigenvalue weighted by Gasteiger charge is -2.13. The molecule has 3 heteroatoms. The summed E-state index contributed by atoms with van der Waals surface area (Å²) < 4.78 is 0. The van der Waals surface area contributed by atoms with Crippen molar-refractivity contribution >= 4 is 11.8 Å². The van der Waals surface area contributed by atoms with E-state index in [1.54, 1.807) is 0 Å². The molecule has 0 aromatic heterocycles. The van der Waals surface area contributed by atoms with Gasteiger partial charge in [-0.2, -0.15) is 0 Å². The van der Waals surface area contributed by atoms with Crippen molar-refractivity contribution in [1.82, 2.24) is 0 Å². The molecule has 0 aliphatic heterocycles. The highest BCUT2D eigenvalue weighted by molar-refractivity contribution is 5.98. The Bertz CT molecular complexity index is 552. The average molecular weight is 347 g/mol. The van der Waals surface area contributed by atoms with Crippen molar-refractivity contribution in [2.75, 3.05) is 0 Å². The van der Waals surface area contributed by atoms with Gasteiger partial charge in [-0.25, -0.2) is 0 Å². The number of ketones is 1. The normalized spacial score (nSPS) is 12.2. The fourth-order valence-electron chi connectivity index (χ4n) is 3.63. The zero-order chi connectivity index (χ0) is 18.8. The topological polar surface area (TPSA) is 54.4 Å². The SMILES string of the molecule is CCCCCCC(CCCCC(=O)c1c(C)cc(C)cc1C)C(=O)O. The lowest BCUT2D eigenvalue weighted by atomic mass is 9.92. The fourth-order valence-corrected chi connectivity index (χ4v) is 3.63. The van der Waals surface area contributed by atoms with Crippen molar-refractivity contribution in [1.29, 1.82) is 0 Å². The van der Waals surface area contributed by atoms with Gasteiger partial charge in [-0.15, -0.1) is 0 Å². The van der Waals surface area contributed by atoms with E-state index >= 15 is 0 Å². The maximum absolute atomic E-state index is 12.5. The molecule has 1 aromatic carbocycles. The first kappa shape index (κ1) is 21.4. The number of carboxylic acid groups (broad SMARTS) is 1. The number of unbranched alkanes of at least 4 members (excludes halogenated alkanes) is 4. The van der Waals surface area contributed by atoms with E-state index in [2.05, 4.69) is 19.1 Å². The van der Waals surface area contributed by atoms with Crippen LogP contribution in [0.2, 0.25) is 0 Å². The Hall–Kier alpha value is -1.64. The lowest BCUT2D eigenvalue weighted by Crippen LogP contribution is -2.14. The molecule has 0 saturated carbocycles. The zero-order valence-corrected chi connectivity index (χ0v) is 16.4. The number of Topliss-reactive ketones (excluding diaryl/α,β-unsaturated/α-hetero) is 1. The molecule has 0 amide bonds. The fraction of sp³-hybridized carbons (Fsp3) is 0.636. The average Bonchev–Trinajstić information content (AvgIpc) is 2.52. The van der Waals surface area contributed by atoms with E-state index in [0.717, 1.165) is 55.2 Å². The summed E-state index contributed by atoms with van der Waals surface area (Å²) in [6.45, 7) is 8.18. The molecule has 1 N–H and O–H groups in total. The monoisotopic (exact) mass is 346 g/mol. The van der Waals surface area contributed by atoms with Crippen molar-refractivity contribution in [3.05, 3.63) is 34.4 Å². The van der Waals surface area contributed by atoms with Crippen LogP contribution in [0, 0.1) is 26.7 Å². The van der Waals surface area contributed by atoms with E-state index in [1.165, 1.54) is 12.0 Å². The predicted molar refractivity (Wildman–Crippen MR) is 103 cm³/mol. The number of rotatable bonds is 12. The summed E-state index contributed by atoms with van der Waals surface area (Å²) in [5, 5.41) is 9.35. The number of benzene rings is 1. The number of hydrogen-bond donors (Lipinski definition) is 1. The largest absolute Gasteiger partial charge is 0.481 e. The first-order valence-corrected chi connectivity index (χ1v) is 9.70. The Balaban J connectivity index is 2.43. The number of carbonyl (C=O) groups is 2. The maximum Gasteiger partial charge on any atom is 0.306 e. The minimum Gasteiger partial charge on any atom is -0.481 e. The van der Waals surface area contributed by atoms with Crippen LogP contribution >= 0.6 is 0 Å². The summed E-state index contributed by atoms with van der Waals surface area (Å²) in [6, 6.07) is 4.11. The molecular weight excluding hydrogens is 312 g/mol. The summed E-state index contributed by atoms with van der Waals surface area (Å²) in [7, 11) is 0. The second kappa shape index (κ2) is 11.1. The molecule has 0 aliphatic carbocycles. The van der Waals surface area contributed by atoms with Crippen molar-refractivity contribution in [3.8, 4) is 0 Å². The van der Waals surface area contributed by atoms with Gasteiger partial charge >= 0.3 is 5.97 Å². The maximum atomic E-state index is 12.5. The van der Waals surface area contributed by atoms with Crippen LogP contribution in [0.15, 0.2) is 12.1 Å². The van der Waals surface area contributed by atoms with Gasteiger partial charge in [0.2, 0.25) is 0 Å². The molecule has 0 radical (unpaired) electrons. The molecule has 0 aliphatic rings. The second-order valence-electron chi connectivity index (χ2n) is 7.33. The predicted octanol–water partition coefficient (Wildman–Crippen LogP) is 6.03. The van der Waals surface area contributed by atoms with E-state index in [4.69, 9.17) is 0 Å². The first-order valence-electron chi connectivity index (χ1n) is 9.70. The Labute approximate surface area is 152 Å². The third-order valence-electron chi connectivity index (χ3n) is 4.92. The molecule has 0 saturated heterocycles. The van der Waals surface area contributed by atoms with Crippen molar-refractivity contribution in [2.45, 2.75) is 85.5 Å². The number of carboxylic acids is 1. The van der Waals surface area contributed by atoms with E-state index < -0.39 is 5.97 Å². The van der Waals surface area contributed by atoms with Gasteiger partial charge < -0.3 is 5.11 Å². The summed E-state index contributed by atoms with van der Waals surface area (Å²) >= 11 is 0. The highest BCUT2D eigenvalue weighted by Crippen LogP contribution is 2.21. The number of carbonyl (C=O) groups excluding carboxylic acids is 1. The molecule has 140 valence electrons. The van der Waals surface area contributed by atoms with Crippen LogP contribution in [0.4, 0.5) is 0 Å². The van der Waals surface area contributed by atoms with E-state index in [9.17, 15) is 14.7 Å². The summed E-state index contributed by atoms with van der Waals surface area (Å²) in [4.78, 5) is 23.9. The molecule has 1 aromatic rings. The van der Waals surface area contributed by atoms with E-state index in [1.807, 2.05) is 20.8 Å². The number of aliphatic carboxylic acids is 1. The molecule has 0 heterocycles. The molecule has 1 rings (SSSR count). The third kappa shape index (κ3) is 7.41. The third-order valence-corrected chi connectivity index (χ3v) is 4.92. The molecule has 0 spiro atoms. The van der Waals surface area contributed by atoms with Crippen LogP contribution < -0.4 is 0 Å². The smallest absolute Gasteiger partial charge is 0.306 e. The Kier molecular flexibility index (Phi) is 9.48. The summed E-state index contributed by atoms with van der Waals surface area (Å²) in [5.41, 5.74) is 4.11. The van der Waals surface area contributed by atoms with Crippen LogP contribution in [0.1, 0.15) is 91.8 Å². The minimum atomic E-state index is -0.687. The van der Waals surface area contributed by atoms with E-state index in [-0.39, 0.29) is 11.7 Å². The van der Waals surface area contributed by atoms with Gasteiger partial charge in [-0.3, -0.25) is 9.59 Å². The van der Waals surface area contributed by atoms with Crippen LogP contribution in [0.5, 0.6) is 0 Å². The quantitative estimate of drug-likeness (QED) is 0.371. The highest BCUT2D eigenvalue weighted by atomic mass is 16.4. The molecule has 0 fully saturated rings. The van der Waals surface area contributed by atoms with Crippen LogP contribution in [-0.4, -0.2) is 16.9 Å². The Morgan fingerprint density at radius 2 is 1.48 bits per heavy atom. The first-order chi connectivity index (χ1) is 11.9. The van der Waals surface area contributed by atoms with E-state index in [0.29, 0.717) is 12.8 Å². The highest BCUT2D eigenvalue weighted by Gasteiger charge is 2.17. The van der Waals surface area contributed by atoms with Crippen LogP contribution in [0.25, 0.3) is 0 Å². The lowest BCUT2D eigenvalue weighted by molar-refractivity contribution is -0.142. The standard InChI is InChI=1S/C22H34O3/c1-5-6-7-8-11-19(22(24)25)12-9-10-13-20(23)21-17(3)14-16(2)15-18(21)4/h14-15,19H,5-13H2,1-4H3,(H,24,25). The summed E-state index contributed by atoms with van der Waals surface area (Å²) in [6.07, 6.45) is 7.97. The van der Waals surface area contributed by atoms with Crippen LogP contribution in [-0.2, 0) is 4.79 Å². The second-order valence-corrected chi connectivity index (χ2v) is 7.33. The molecule has 3 nitrogen and oxygen atoms in total. The Morgan fingerprint density at radius 1 is 0.920 bits per heavy atom. The van der Waals surface area contributed by atoms with Gasteiger partial charge in [0.15, 0.2) is 5.78 Å². The van der Waals surface area contributed by atoms with Gasteiger partial charge in [0.05, 0.1) is 5.92 Å². The van der Waals surface area contributed by atoms with Gasteiger partial charge in [-0.1, -0.05) is 56.7 Å². The molecule has 1 atom stereocenters.